The lowest BCUT2D eigenvalue weighted by Crippen LogP contribution is -2.52. The van der Waals surface area contributed by atoms with Crippen LogP contribution in [0.2, 0.25) is 0 Å². The predicted molar refractivity (Wildman–Crippen MR) is 95.9 cm³/mol. The zero-order valence-corrected chi connectivity index (χ0v) is 14.8. The molecule has 2 heterocycles. The molecule has 0 radical (unpaired) electrons. The van der Waals surface area contributed by atoms with Gasteiger partial charge in [-0.25, -0.2) is 0 Å². The molecule has 0 N–H and O–H groups in total. The van der Waals surface area contributed by atoms with Gasteiger partial charge >= 0.3 is 0 Å². The summed E-state index contributed by atoms with van der Waals surface area (Å²) in [6.07, 6.45) is 5.07. The fourth-order valence-electron chi connectivity index (χ4n) is 3.89. The van der Waals surface area contributed by atoms with Crippen molar-refractivity contribution in [3.63, 3.8) is 0 Å². The SMILES string of the molecule is CC[C@H](C(=O)N1CCC(C)CC1)N1C(=O)CCCc2ccccc21. The number of benzene rings is 1. The molecule has 1 aromatic carbocycles. The Morgan fingerprint density at radius 1 is 1.21 bits per heavy atom. The molecule has 130 valence electrons. The highest BCUT2D eigenvalue weighted by molar-refractivity contribution is 6.01. The topological polar surface area (TPSA) is 40.6 Å². The second kappa shape index (κ2) is 7.37. The van der Waals surface area contributed by atoms with Crippen molar-refractivity contribution < 1.29 is 9.59 Å². The summed E-state index contributed by atoms with van der Waals surface area (Å²) < 4.78 is 0. The molecule has 0 aliphatic carbocycles. The predicted octanol–water partition coefficient (Wildman–Crippen LogP) is 3.39. The molecule has 3 rings (SSSR count). The smallest absolute Gasteiger partial charge is 0.245 e. The van der Waals surface area contributed by atoms with Crippen LogP contribution in [0.3, 0.4) is 0 Å². The molecule has 4 nitrogen and oxygen atoms in total. The molecule has 1 saturated heterocycles. The number of piperidine rings is 1. The molecule has 0 unspecified atom stereocenters. The second-order valence-electron chi connectivity index (χ2n) is 7.18. The summed E-state index contributed by atoms with van der Waals surface area (Å²) in [6.45, 7) is 5.89. The average molecular weight is 328 g/mol. The number of amides is 2. The summed E-state index contributed by atoms with van der Waals surface area (Å²) in [5, 5.41) is 0. The Hall–Kier alpha value is -1.84. The van der Waals surface area contributed by atoms with Crippen LogP contribution in [0, 0.1) is 5.92 Å². The van der Waals surface area contributed by atoms with E-state index in [2.05, 4.69) is 13.0 Å². The van der Waals surface area contributed by atoms with Crippen molar-refractivity contribution in [2.75, 3.05) is 18.0 Å². The molecule has 0 bridgehead atoms. The molecule has 2 aliphatic rings. The first kappa shape index (κ1) is 17.0. The van der Waals surface area contributed by atoms with Crippen LogP contribution in [-0.2, 0) is 16.0 Å². The third kappa shape index (κ3) is 3.33. The van der Waals surface area contributed by atoms with Crippen molar-refractivity contribution in [2.45, 2.75) is 58.4 Å². The zero-order chi connectivity index (χ0) is 17.1. The van der Waals surface area contributed by atoms with Crippen molar-refractivity contribution in [3.8, 4) is 0 Å². The number of nitrogens with zero attached hydrogens (tertiary/aromatic N) is 2. The number of fused-ring (bicyclic) bond motifs is 1. The van der Waals surface area contributed by atoms with Crippen molar-refractivity contribution >= 4 is 17.5 Å². The monoisotopic (exact) mass is 328 g/mol. The van der Waals surface area contributed by atoms with E-state index in [1.54, 1.807) is 4.90 Å². The second-order valence-corrected chi connectivity index (χ2v) is 7.18. The Labute approximate surface area is 144 Å². The molecule has 2 amide bonds. The molecule has 0 aromatic heterocycles. The van der Waals surface area contributed by atoms with Gasteiger partial charge in [-0.05, 0) is 49.7 Å². The Kier molecular flexibility index (Phi) is 5.22. The van der Waals surface area contributed by atoms with Crippen LogP contribution in [0.15, 0.2) is 24.3 Å². The minimum absolute atomic E-state index is 0.0885. The first-order chi connectivity index (χ1) is 11.6. The van der Waals surface area contributed by atoms with Gasteiger partial charge in [0.1, 0.15) is 6.04 Å². The highest BCUT2D eigenvalue weighted by Crippen LogP contribution is 2.30. The fourth-order valence-corrected chi connectivity index (χ4v) is 3.89. The summed E-state index contributed by atoms with van der Waals surface area (Å²) >= 11 is 0. The van der Waals surface area contributed by atoms with Gasteiger partial charge in [-0.3, -0.25) is 14.5 Å². The summed E-state index contributed by atoms with van der Waals surface area (Å²) in [5.74, 6) is 0.898. The minimum Gasteiger partial charge on any atom is -0.341 e. The number of likely N-dealkylation sites (tertiary alicyclic amines) is 1. The Balaban J connectivity index is 1.88. The van der Waals surface area contributed by atoms with Crippen molar-refractivity contribution in [1.29, 1.82) is 0 Å². The number of rotatable bonds is 3. The number of anilines is 1. The van der Waals surface area contributed by atoms with Gasteiger partial charge in [-0.15, -0.1) is 0 Å². The molecule has 1 atom stereocenters. The maximum Gasteiger partial charge on any atom is 0.245 e. The fraction of sp³-hybridized carbons (Fsp3) is 0.600. The number of carbonyl (C=O) groups is 2. The highest BCUT2D eigenvalue weighted by atomic mass is 16.2. The van der Waals surface area contributed by atoms with Crippen LogP contribution in [0.1, 0.15) is 51.5 Å². The summed E-state index contributed by atoms with van der Waals surface area (Å²) in [5.41, 5.74) is 2.12. The molecule has 1 fully saturated rings. The van der Waals surface area contributed by atoms with Gasteiger partial charge in [0.05, 0.1) is 0 Å². The van der Waals surface area contributed by atoms with E-state index < -0.39 is 0 Å². The molecule has 0 spiro atoms. The van der Waals surface area contributed by atoms with Crippen LogP contribution < -0.4 is 4.90 Å². The lowest BCUT2D eigenvalue weighted by atomic mass is 9.98. The third-order valence-corrected chi connectivity index (χ3v) is 5.44. The van der Waals surface area contributed by atoms with E-state index in [1.807, 2.05) is 30.0 Å². The first-order valence-corrected chi connectivity index (χ1v) is 9.30. The quantitative estimate of drug-likeness (QED) is 0.853. The molecular formula is C20H28N2O2. The highest BCUT2D eigenvalue weighted by Gasteiger charge is 2.35. The van der Waals surface area contributed by atoms with Crippen LogP contribution in [-0.4, -0.2) is 35.8 Å². The molecule has 4 heteroatoms. The number of carbonyl (C=O) groups excluding carboxylic acids is 2. The maximum atomic E-state index is 13.1. The summed E-state index contributed by atoms with van der Waals surface area (Å²) in [7, 11) is 0. The maximum absolute atomic E-state index is 13.1. The average Bonchev–Trinajstić information content (AvgIpc) is 2.75. The van der Waals surface area contributed by atoms with Crippen LogP contribution in [0.4, 0.5) is 5.69 Å². The van der Waals surface area contributed by atoms with Gasteiger partial charge in [0.25, 0.3) is 0 Å². The number of hydrogen-bond donors (Lipinski definition) is 0. The van der Waals surface area contributed by atoms with E-state index in [9.17, 15) is 9.59 Å². The van der Waals surface area contributed by atoms with Crippen molar-refractivity contribution in [1.82, 2.24) is 4.90 Å². The van der Waals surface area contributed by atoms with E-state index in [-0.39, 0.29) is 17.9 Å². The molecule has 0 saturated carbocycles. The zero-order valence-electron chi connectivity index (χ0n) is 14.8. The van der Waals surface area contributed by atoms with Crippen molar-refractivity contribution in [2.24, 2.45) is 5.92 Å². The molecule has 1 aromatic rings. The normalized spacial score (nSPS) is 20.5. The van der Waals surface area contributed by atoms with E-state index in [0.29, 0.717) is 18.8 Å². The standard InChI is InChI=1S/C20H28N2O2/c1-3-17(20(24)21-13-11-15(2)12-14-21)22-18-9-5-4-7-16(18)8-6-10-19(22)23/h4-5,7,9,15,17H,3,6,8,10-14H2,1-2H3/t17-/m1/s1. The Morgan fingerprint density at radius 2 is 1.92 bits per heavy atom. The number of aryl methyl sites for hydroxylation is 1. The molecular weight excluding hydrogens is 300 g/mol. The van der Waals surface area contributed by atoms with Gasteiger partial charge in [-0.1, -0.05) is 32.0 Å². The lowest BCUT2D eigenvalue weighted by molar-refractivity contribution is -0.136. The first-order valence-electron chi connectivity index (χ1n) is 9.30. The van der Waals surface area contributed by atoms with Crippen molar-refractivity contribution in [3.05, 3.63) is 29.8 Å². The minimum atomic E-state index is -0.370. The van der Waals surface area contributed by atoms with Gasteiger partial charge in [-0.2, -0.15) is 0 Å². The number of hydrogen-bond acceptors (Lipinski definition) is 2. The lowest BCUT2D eigenvalue weighted by Gasteiger charge is -2.37. The van der Waals surface area contributed by atoms with Gasteiger partial charge in [0, 0.05) is 25.2 Å². The molecule has 24 heavy (non-hydrogen) atoms. The Morgan fingerprint density at radius 3 is 2.62 bits per heavy atom. The summed E-state index contributed by atoms with van der Waals surface area (Å²) in [4.78, 5) is 29.7. The largest absolute Gasteiger partial charge is 0.341 e. The van der Waals surface area contributed by atoms with E-state index in [0.717, 1.165) is 44.5 Å². The molecule has 2 aliphatic heterocycles. The van der Waals surface area contributed by atoms with Gasteiger partial charge < -0.3 is 4.90 Å². The third-order valence-electron chi connectivity index (χ3n) is 5.44. The van der Waals surface area contributed by atoms with E-state index in [4.69, 9.17) is 0 Å². The van der Waals surface area contributed by atoms with E-state index in [1.165, 1.54) is 5.56 Å². The summed E-state index contributed by atoms with van der Waals surface area (Å²) in [6, 6.07) is 7.68. The number of para-hydroxylation sites is 1. The van der Waals surface area contributed by atoms with Gasteiger partial charge in [0.2, 0.25) is 11.8 Å². The Bertz CT molecular complexity index is 605. The van der Waals surface area contributed by atoms with E-state index >= 15 is 0 Å². The van der Waals surface area contributed by atoms with Crippen LogP contribution in [0.25, 0.3) is 0 Å². The van der Waals surface area contributed by atoms with Crippen LogP contribution >= 0.6 is 0 Å². The van der Waals surface area contributed by atoms with Gasteiger partial charge in [0.15, 0.2) is 0 Å². The van der Waals surface area contributed by atoms with Crippen LogP contribution in [0.5, 0.6) is 0 Å².